The third-order valence-electron chi connectivity index (χ3n) is 4.13. The van der Waals surface area contributed by atoms with Crippen molar-refractivity contribution in [2.45, 2.75) is 48.4 Å². The van der Waals surface area contributed by atoms with Gasteiger partial charge < -0.3 is 5.32 Å². The van der Waals surface area contributed by atoms with Crippen LogP contribution in [0.1, 0.15) is 32.6 Å². The molecule has 1 aliphatic carbocycles. The molecule has 0 heterocycles. The second kappa shape index (κ2) is 7.65. The first kappa shape index (κ1) is 16.8. The van der Waals surface area contributed by atoms with E-state index in [0.717, 1.165) is 23.1 Å². The van der Waals surface area contributed by atoms with E-state index < -0.39 is 9.84 Å². The number of thioether (sulfide) groups is 1. The molecule has 1 N–H and O–H groups in total. The van der Waals surface area contributed by atoms with Gasteiger partial charge in [0.1, 0.15) is 0 Å². The first-order chi connectivity index (χ1) is 10.0. The van der Waals surface area contributed by atoms with Gasteiger partial charge in [0.15, 0.2) is 9.84 Å². The molecule has 0 bridgehead atoms. The van der Waals surface area contributed by atoms with E-state index in [1.165, 1.54) is 31.9 Å². The first-order valence-electron chi connectivity index (χ1n) is 7.67. The van der Waals surface area contributed by atoms with Crippen molar-refractivity contribution in [3.8, 4) is 0 Å². The minimum atomic E-state index is -3.08. The molecule has 1 aromatic rings. The average molecular weight is 328 g/mol. The van der Waals surface area contributed by atoms with Crippen LogP contribution in [0.5, 0.6) is 0 Å². The summed E-state index contributed by atoms with van der Waals surface area (Å²) < 4.78 is 22.8. The Balaban J connectivity index is 1.81. The van der Waals surface area contributed by atoms with Crippen molar-refractivity contribution >= 4 is 21.6 Å². The Morgan fingerprint density at radius 3 is 2.57 bits per heavy atom. The average Bonchev–Trinajstić information content (AvgIpc) is 2.86. The molecule has 1 aromatic carbocycles. The summed E-state index contributed by atoms with van der Waals surface area (Å²) in [5.41, 5.74) is 0. The van der Waals surface area contributed by atoms with Crippen molar-refractivity contribution in [1.82, 2.24) is 5.32 Å². The van der Waals surface area contributed by atoms with Crippen LogP contribution in [0.4, 0.5) is 0 Å². The van der Waals surface area contributed by atoms with E-state index in [0.29, 0.717) is 10.9 Å². The van der Waals surface area contributed by atoms with E-state index >= 15 is 0 Å². The highest BCUT2D eigenvalue weighted by Crippen LogP contribution is 2.31. The molecule has 2 unspecified atom stereocenters. The van der Waals surface area contributed by atoms with Crippen LogP contribution in [0.15, 0.2) is 34.1 Å². The molecule has 1 saturated carbocycles. The first-order valence-corrected chi connectivity index (χ1v) is 10.5. The minimum absolute atomic E-state index is 0.398. The number of hydrogen-bond acceptors (Lipinski definition) is 4. The second-order valence-corrected chi connectivity index (χ2v) is 8.92. The Bertz CT molecular complexity index is 540. The van der Waals surface area contributed by atoms with Crippen molar-refractivity contribution in [2.24, 2.45) is 5.92 Å². The molecule has 1 aliphatic rings. The zero-order valence-electron chi connectivity index (χ0n) is 12.8. The van der Waals surface area contributed by atoms with Crippen molar-refractivity contribution in [3.63, 3.8) is 0 Å². The normalized spacial score (nSPS) is 22.6. The molecule has 2 rings (SSSR count). The van der Waals surface area contributed by atoms with Crippen LogP contribution < -0.4 is 5.32 Å². The lowest BCUT2D eigenvalue weighted by atomic mass is 10.0. The lowest BCUT2D eigenvalue weighted by Gasteiger charge is -2.20. The molecule has 5 heteroatoms. The molecular formula is C16H25NO2S2. The fourth-order valence-corrected chi connectivity index (χ4v) is 4.64. The highest BCUT2D eigenvalue weighted by atomic mass is 32.2. The van der Waals surface area contributed by atoms with Crippen LogP contribution in [-0.4, -0.2) is 33.0 Å². The number of benzene rings is 1. The van der Waals surface area contributed by atoms with E-state index in [4.69, 9.17) is 0 Å². The SMILES string of the molecule is CCNC1CCCC1CCSc1ccc(S(C)(=O)=O)cc1. The Hall–Kier alpha value is -0.520. The maximum atomic E-state index is 11.4. The summed E-state index contributed by atoms with van der Waals surface area (Å²) in [6.45, 7) is 3.23. The molecule has 0 amide bonds. The van der Waals surface area contributed by atoms with Gasteiger partial charge in [0, 0.05) is 17.2 Å². The molecule has 0 saturated heterocycles. The molecule has 0 aromatic heterocycles. The summed E-state index contributed by atoms with van der Waals surface area (Å²) in [4.78, 5) is 1.55. The van der Waals surface area contributed by atoms with Gasteiger partial charge in [0.2, 0.25) is 0 Å². The zero-order chi connectivity index (χ0) is 15.3. The summed E-state index contributed by atoms with van der Waals surface area (Å²) in [7, 11) is -3.08. The molecule has 2 atom stereocenters. The Labute approximate surface area is 132 Å². The van der Waals surface area contributed by atoms with Crippen molar-refractivity contribution in [3.05, 3.63) is 24.3 Å². The van der Waals surface area contributed by atoms with E-state index in [1.807, 2.05) is 23.9 Å². The van der Waals surface area contributed by atoms with Gasteiger partial charge in [0.05, 0.1) is 4.90 Å². The smallest absolute Gasteiger partial charge is 0.175 e. The molecule has 118 valence electrons. The molecule has 3 nitrogen and oxygen atoms in total. The maximum absolute atomic E-state index is 11.4. The van der Waals surface area contributed by atoms with Gasteiger partial charge in [0.25, 0.3) is 0 Å². The van der Waals surface area contributed by atoms with Gasteiger partial charge in [-0.15, -0.1) is 11.8 Å². The summed E-state index contributed by atoms with van der Waals surface area (Å²) in [5.74, 6) is 1.90. The lowest BCUT2D eigenvalue weighted by Crippen LogP contribution is -2.32. The molecule has 21 heavy (non-hydrogen) atoms. The van der Waals surface area contributed by atoms with Crippen molar-refractivity contribution < 1.29 is 8.42 Å². The Morgan fingerprint density at radius 1 is 1.24 bits per heavy atom. The van der Waals surface area contributed by atoms with Crippen LogP contribution in [0, 0.1) is 5.92 Å². The van der Waals surface area contributed by atoms with Gasteiger partial charge in [-0.2, -0.15) is 0 Å². The van der Waals surface area contributed by atoms with E-state index in [9.17, 15) is 8.42 Å². The van der Waals surface area contributed by atoms with Gasteiger partial charge in [-0.05, 0) is 61.7 Å². The van der Waals surface area contributed by atoms with Crippen LogP contribution in [0.3, 0.4) is 0 Å². The lowest BCUT2D eigenvalue weighted by molar-refractivity contribution is 0.400. The monoisotopic (exact) mass is 327 g/mol. The maximum Gasteiger partial charge on any atom is 0.175 e. The highest BCUT2D eigenvalue weighted by molar-refractivity contribution is 7.99. The highest BCUT2D eigenvalue weighted by Gasteiger charge is 2.25. The molecule has 0 radical (unpaired) electrons. The molecular weight excluding hydrogens is 302 g/mol. The quantitative estimate of drug-likeness (QED) is 0.780. The van der Waals surface area contributed by atoms with Crippen LogP contribution >= 0.6 is 11.8 Å². The summed E-state index contributed by atoms with van der Waals surface area (Å²) in [6.07, 6.45) is 6.47. The second-order valence-electron chi connectivity index (χ2n) is 5.74. The summed E-state index contributed by atoms with van der Waals surface area (Å²) in [5, 5.41) is 3.59. The van der Waals surface area contributed by atoms with Gasteiger partial charge in [-0.25, -0.2) is 8.42 Å². The molecule has 0 aliphatic heterocycles. The van der Waals surface area contributed by atoms with E-state index in [2.05, 4.69) is 12.2 Å². The third-order valence-corrected chi connectivity index (χ3v) is 6.31. The zero-order valence-corrected chi connectivity index (χ0v) is 14.5. The number of sulfone groups is 1. The molecule has 1 fully saturated rings. The predicted molar refractivity (Wildman–Crippen MR) is 89.7 cm³/mol. The van der Waals surface area contributed by atoms with Gasteiger partial charge in [-0.1, -0.05) is 13.3 Å². The molecule has 0 spiro atoms. The van der Waals surface area contributed by atoms with Crippen molar-refractivity contribution in [2.75, 3.05) is 18.6 Å². The minimum Gasteiger partial charge on any atom is -0.314 e. The number of hydrogen-bond donors (Lipinski definition) is 1. The van der Waals surface area contributed by atoms with Gasteiger partial charge >= 0.3 is 0 Å². The third kappa shape index (κ3) is 5.01. The van der Waals surface area contributed by atoms with Crippen LogP contribution in [0.2, 0.25) is 0 Å². The van der Waals surface area contributed by atoms with Gasteiger partial charge in [-0.3, -0.25) is 0 Å². The van der Waals surface area contributed by atoms with Crippen LogP contribution in [0.25, 0.3) is 0 Å². The number of nitrogens with one attached hydrogen (secondary N) is 1. The van der Waals surface area contributed by atoms with Crippen LogP contribution in [-0.2, 0) is 9.84 Å². The Kier molecular flexibility index (Phi) is 6.14. The van der Waals surface area contributed by atoms with E-state index in [1.54, 1.807) is 12.1 Å². The largest absolute Gasteiger partial charge is 0.314 e. The standard InChI is InChI=1S/C16H25NO2S2/c1-3-17-16-6-4-5-13(16)11-12-20-14-7-9-15(10-8-14)21(2,18)19/h7-10,13,16-17H,3-6,11-12H2,1-2H3. The summed E-state index contributed by atoms with van der Waals surface area (Å²) in [6, 6.07) is 7.93. The van der Waals surface area contributed by atoms with E-state index in [-0.39, 0.29) is 0 Å². The number of rotatable bonds is 7. The van der Waals surface area contributed by atoms with Crippen molar-refractivity contribution in [1.29, 1.82) is 0 Å². The summed E-state index contributed by atoms with van der Waals surface area (Å²) >= 11 is 1.82. The predicted octanol–water partition coefficient (Wildman–Crippen LogP) is 3.35. The fourth-order valence-electron chi connectivity index (χ4n) is 3.02. The Morgan fingerprint density at radius 2 is 1.95 bits per heavy atom. The topological polar surface area (TPSA) is 46.2 Å². The fraction of sp³-hybridized carbons (Fsp3) is 0.625.